The van der Waals surface area contributed by atoms with Crippen molar-refractivity contribution in [2.75, 3.05) is 0 Å². The second-order valence-corrected chi connectivity index (χ2v) is 6.57. The Morgan fingerprint density at radius 1 is 1.03 bits per heavy atom. The summed E-state index contributed by atoms with van der Waals surface area (Å²) in [4.78, 5) is 26.3. The van der Waals surface area contributed by atoms with Gasteiger partial charge in [0, 0.05) is 0 Å². The molecule has 2 aromatic carbocycles. The maximum Gasteiger partial charge on any atom is 0.340 e. The van der Waals surface area contributed by atoms with Crippen LogP contribution in [-0.2, 0) is 0 Å². The molecule has 29 heavy (non-hydrogen) atoms. The number of hydrogen-bond donors (Lipinski definition) is 3. The summed E-state index contributed by atoms with van der Waals surface area (Å²) in [5, 5.41) is 17.1. The number of nitrogens with zero attached hydrogens (tertiary/aromatic N) is 4. The van der Waals surface area contributed by atoms with Crippen LogP contribution in [0.4, 0.5) is 0 Å². The van der Waals surface area contributed by atoms with Crippen molar-refractivity contribution in [1.29, 1.82) is 0 Å². The maximum atomic E-state index is 12.6. The summed E-state index contributed by atoms with van der Waals surface area (Å²) in [6, 6.07) is 19.1. The number of aromatic nitrogens is 6. The van der Waals surface area contributed by atoms with E-state index >= 15 is 0 Å². The first-order chi connectivity index (χ1) is 14.1. The zero-order chi connectivity index (χ0) is 20.2. The van der Waals surface area contributed by atoms with Gasteiger partial charge in [0.25, 0.3) is 5.91 Å². The number of rotatable bonds is 6. The fourth-order valence-corrected chi connectivity index (χ4v) is 3.10. The van der Waals surface area contributed by atoms with Gasteiger partial charge in [-0.25, -0.2) is 14.6 Å². The molecule has 2 heterocycles. The van der Waals surface area contributed by atoms with Gasteiger partial charge in [-0.05, 0) is 18.1 Å². The molecule has 4 rings (SSSR count). The Bertz CT molecular complexity index is 1110. The number of aromatic amines is 2. The molecule has 0 saturated carbocycles. The number of benzene rings is 2. The maximum absolute atomic E-state index is 12.6. The molecule has 9 heteroatoms. The van der Waals surface area contributed by atoms with Crippen molar-refractivity contribution in [3.63, 3.8) is 0 Å². The molecule has 1 unspecified atom stereocenters. The molecular weight excluding hydrogens is 370 g/mol. The number of carbonyl (C=O) groups excluding carboxylic acids is 1. The van der Waals surface area contributed by atoms with Crippen LogP contribution < -0.4 is 11.0 Å². The summed E-state index contributed by atoms with van der Waals surface area (Å²) in [7, 11) is 0. The Labute approximate surface area is 165 Å². The smallest absolute Gasteiger partial charge is 0.340 e. The SMILES string of the molecule is CC(NC(=O)c1cn(C(c2ccccc2)c2ccccc2)nn1)c1n[nH]c(=O)[nH]1. The van der Waals surface area contributed by atoms with E-state index in [1.807, 2.05) is 60.7 Å². The largest absolute Gasteiger partial charge is 0.341 e. The highest BCUT2D eigenvalue weighted by Crippen LogP contribution is 2.25. The molecule has 0 bridgehead atoms. The molecule has 0 fully saturated rings. The third-order valence-corrected chi connectivity index (χ3v) is 4.52. The van der Waals surface area contributed by atoms with E-state index < -0.39 is 17.6 Å². The molecule has 3 N–H and O–H groups in total. The van der Waals surface area contributed by atoms with Gasteiger partial charge < -0.3 is 5.32 Å². The Morgan fingerprint density at radius 3 is 2.21 bits per heavy atom. The summed E-state index contributed by atoms with van der Waals surface area (Å²) >= 11 is 0. The topological polar surface area (TPSA) is 121 Å². The van der Waals surface area contributed by atoms with Crippen LogP contribution >= 0.6 is 0 Å². The van der Waals surface area contributed by atoms with Crippen molar-refractivity contribution in [2.24, 2.45) is 0 Å². The normalized spacial score (nSPS) is 12.1. The summed E-state index contributed by atoms with van der Waals surface area (Å²) in [6.45, 7) is 1.71. The first-order valence-electron chi connectivity index (χ1n) is 9.09. The van der Waals surface area contributed by atoms with Crippen molar-refractivity contribution >= 4 is 5.91 Å². The van der Waals surface area contributed by atoms with Gasteiger partial charge in [-0.1, -0.05) is 65.9 Å². The number of H-pyrrole nitrogens is 2. The third-order valence-electron chi connectivity index (χ3n) is 4.52. The van der Waals surface area contributed by atoms with E-state index in [-0.39, 0.29) is 11.7 Å². The van der Waals surface area contributed by atoms with Crippen LogP contribution in [0.15, 0.2) is 71.7 Å². The second kappa shape index (κ2) is 7.93. The number of hydrogen-bond acceptors (Lipinski definition) is 5. The van der Waals surface area contributed by atoms with Crippen molar-refractivity contribution in [2.45, 2.75) is 19.0 Å². The van der Waals surface area contributed by atoms with Gasteiger partial charge >= 0.3 is 5.69 Å². The molecule has 1 amide bonds. The van der Waals surface area contributed by atoms with Crippen molar-refractivity contribution in [3.8, 4) is 0 Å². The van der Waals surface area contributed by atoms with E-state index in [0.717, 1.165) is 11.1 Å². The lowest BCUT2D eigenvalue weighted by Gasteiger charge is -2.17. The van der Waals surface area contributed by atoms with Crippen molar-refractivity contribution in [3.05, 3.63) is 100.0 Å². The van der Waals surface area contributed by atoms with Gasteiger partial charge in [-0.2, -0.15) is 5.10 Å². The average molecular weight is 389 g/mol. The van der Waals surface area contributed by atoms with Crippen LogP contribution in [-0.4, -0.2) is 36.1 Å². The number of amides is 1. The van der Waals surface area contributed by atoms with E-state index in [9.17, 15) is 9.59 Å². The van der Waals surface area contributed by atoms with Gasteiger partial charge in [0.15, 0.2) is 11.5 Å². The lowest BCUT2D eigenvalue weighted by Crippen LogP contribution is -2.28. The zero-order valence-corrected chi connectivity index (χ0v) is 15.6. The lowest BCUT2D eigenvalue weighted by molar-refractivity contribution is 0.0933. The van der Waals surface area contributed by atoms with Crippen LogP contribution in [0, 0.1) is 0 Å². The monoisotopic (exact) mass is 389 g/mol. The van der Waals surface area contributed by atoms with Crippen molar-refractivity contribution < 1.29 is 4.79 Å². The number of carbonyl (C=O) groups is 1. The minimum Gasteiger partial charge on any atom is -0.341 e. The van der Waals surface area contributed by atoms with Crippen molar-refractivity contribution in [1.82, 2.24) is 35.5 Å². The quantitative estimate of drug-likeness (QED) is 0.464. The highest BCUT2D eigenvalue weighted by Gasteiger charge is 2.21. The third kappa shape index (κ3) is 3.98. The van der Waals surface area contributed by atoms with E-state index in [0.29, 0.717) is 5.82 Å². The van der Waals surface area contributed by atoms with Crippen LogP contribution in [0.2, 0.25) is 0 Å². The molecule has 0 saturated heterocycles. The molecule has 0 spiro atoms. The van der Waals surface area contributed by atoms with Gasteiger partial charge in [0.2, 0.25) is 0 Å². The minimum absolute atomic E-state index is 0.173. The van der Waals surface area contributed by atoms with E-state index in [1.165, 1.54) is 0 Å². The van der Waals surface area contributed by atoms with Crippen LogP contribution in [0.3, 0.4) is 0 Å². The van der Waals surface area contributed by atoms with Gasteiger partial charge in [-0.3, -0.25) is 9.78 Å². The molecule has 2 aromatic heterocycles. The Morgan fingerprint density at radius 2 is 1.66 bits per heavy atom. The van der Waals surface area contributed by atoms with E-state index in [4.69, 9.17) is 0 Å². The van der Waals surface area contributed by atoms with Gasteiger partial charge in [0.1, 0.15) is 6.04 Å². The van der Waals surface area contributed by atoms with Crippen LogP contribution in [0.25, 0.3) is 0 Å². The fourth-order valence-electron chi connectivity index (χ4n) is 3.10. The predicted molar refractivity (Wildman–Crippen MR) is 105 cm³/mol. The van der Waals surface area contributed by atoms with Gasteiger partial charge in [0.05, 0.1) is 12.2 Å². The Balaban J connectivity index is 1.60. The highest BCUT2D eigenvalue weighted by atomic mass is 16.2. The van der Waals surface area contributed by atoms with Crippen LogP contribution in [0.1, 0.15) is 46.4 Å². The minimum atomic E-state index is -0.495. The summed E-state index contributed by atoms with van der Waals surface area (Å²) in [5.41, 5.74) is 1.79. The first-order valence-corrected chi connectivity index (χ1v) is 9.09. The summed E-state index contributed by atoms with van der Waals surface area (Å²) < 4.78 is 1.67. The van der Waals surface area contributed by atoms with Gasteiger partial charge in [-0.15, -0.1) is 5.10 Å². The molecule has 0 aliphatic rings. The Kier molecular flexibility index (Phi) is 5.02. The molecule has 1 atom stereocenters. The van der Waals surface area contributed by atoms with E-state index in [1.54, 1.807) is 17.8 Å². The first kappa shape index (κ1) is 18.4. The predicted octanol–water partition coefficient (Wildman–Crippen LogP) is 1.82. The number of nitrogens with one attached hydrogen (secondary N) is 3. The fraction of sp³-hybridized carbons (Fsp3) is 0.150. The molecule has 4 aromatic rings. The summed E-state index contributed by atoms with van der Waals surface area (Å²) in [6.07, 6.45) is 1.61. The molecule has 0 aliphatic heterocycles. The van der Waals surface area contributed by atoms with E-state index in [2.05, 4.69) is 30.8 Å². The Hall–Kier alpha value is -4.01. The molecule has 146 valence electrons. The lowest BCUT2D eigenvalue weighted by atomic mass is 9.99. The molecule has 0 radical (unpaired) electrons. The molecular formula is C20H19N7O2. The highest BCUT2D eigenvalue weighted by molar-refractivity contribution is 5.92. The zero-order valence-electron chi connectivity index (χ0n) is 15.6. The average Bonchev–Trinajstić information content (AvgIpc) is 3.39. The summed E-state index contributed by atoms with van der Waals surface area (Å²) in [5.74, 6) is -0.0744. The second-order valence-electron chi connectivity index (χ2n) is 6.57. The molecule has 9 nitrogen and oxygen atoms in total. The molecule has 0 aliphatic carbocycles. The van der Waals surface area contributed by atoms with Crippen LogP contribution in [0.5, 0.6) is 0 Å². The standard InChI is InChI=1S/C20H19N7O2/c1-13(18-22-20(29)25-24-18)21-19(28)16-12-27(26-23-16)17(14-8-4-2-5-9-14)15-10-6-3-7-11-15/h2-13,17H,1H3,(H,21,28)(H2,22,24,25,29).